The molecule has 0 spiro atoms. The molecule has 12 heteroatoms. The monoisotopic (exact) mass is 540 g/mol. The van der Waals surface area contributed by atoms with E-state index in [4.69, 9.17) is 14.4 Å². The number of nitrogens with zero attached hydrogens (tertiary/aromatic N) is 2. The molecule has 4 atom stereocenters. The minimum atomic E-state index is -4.85. The average molecular weight is 541 g/mol. The van der Waals surface area contributed by atoms with E-state index >= 15 is 0 Å². The van der Waals surface area contributed by atoms with E-state index in [0.717, 1.165) is 10.6 Å². The van der Waals surface area contributed by atoms with Gasteiger partial charge >= 0.3 is 6.18 Å². The number of aromatic nitrogens is 1. The Balaban J connectivity index is 1.95. The summed E-state index contributed by atoms with van der Waals surface area (Å²) < 4.78 is 54.5. The molecule has 4 N–H and O–H groups in total. The summed E-state index contributed by atoms with van der Waals surface area (Å²) in [7, 11) is -2.51. The van der Waals surface area contributed by atoms with E-state index in [9.17, 15) is 33.6 Å². The molecule has 0 saturated carbocycles. The lowest BCUT2D eigenvalue weighted by molar-refractivity contribution is -0.137. The third-order valence-electron chi connectivity index (χ3n) is 8.14. The van der Waals surface area contributed by atoms with Crippen LogP contribution in [0.3, 0.4) is 0 Å². The molecular weight excluding hydrogens is 509 g/mol. The highest BCUT2D eigenvalue weighted by atomic mass is 28.4. The Labute approximate surface area is 213 Å². The second-order valence-corrected chi connectivity index (χ2v) is 16.1. The van der Waals surface area contributed by atoms with Gasteiger partial charge in [0.25, 0.3) is 0 Å². The largest absolute Gasteiger partial charge is 0.494 e. The summed E-state index contributed by atoms with van der Waals surface area (Å²) in [5.41, 5.74) is -5.17. The van der Waals surface area contributed by atoms with Crippen molar-refractivity contribution in [3.8, 4) is 23.5 Å². The molecule has 1 fully saturated rings. The number of aromatic hydroxyl groups is 2. The van der Waals surface area contributed by atoms with Crippen LogP contribution in [0.15, 0.2) is 18.2 Å². The minimum Gasteiger partial charge on any atom is -0.494 e. The maximum atomic E-state index is 13.6. The number of ether oxygens (including phenoxy) is 1. The maximum absolute atomic E-state index is 13.6. The summed E-state index contributed by atoms with van der Waals surface area (Å²) in [5.74, 6) is -1.21. The smallest absolute Gasteiger partial charge is 0.417 e. The van der Waals surface area contributed by atoms with Crippen molar-refractivity contribution in [2.45, 2.75) is 81.8 Å². The van der Waals surface area contributed by atoms with Gasteiger partial charge in [-0.2, -0.15) is 18.4 Å². The Kier molecular flexibility index (Phi) is 6.10. The van der Waals surface area contributed by atoms with Crippen LogP contribution in [0, 0.1) is 11.3 Å². The first-order valence-corrected chi connectivity index (χ1v) is 14.7. The van der Waals surface area contributed by atoms with E-state index in [0.29, 0.717) is 6.07 Å². The number of nitriles is 1. The predicted octanol–water partition coefficient (Wildman–Crippen LogP) is 4.37. The summed E-state index contributed by atoms with van der Waals surface area (Å²) in [4.78, 5) is 0. The first-order chi connectivity index (χ1) is 16.9. The topological polar surface area (TPSA) is 128 Å². The summed E-state index contributed by atoms with van der Waals surface area (Å²) in [6.07, 6.45) is -7.35. The molecule has 1 aromatic carbocycles. The zero-order chi connectivity index (χ0) is 27.9. The summed E-state index contributed by atoms with van der Waals surface area (Å²) >= 11 is 0. The van der Waals surface area contributed by atoms with Crippen molar-refractivity contribution in [3.05, 3.63) is 40.5 Å². The van der Waals surface area contributed by atoms with Crippen LogP contribution in [0.5, 0.6) is 11.8 Å². The molecule has 0 amide bonds. The van der Waals surface area contributed by atoms with Gasteiger partial charge in [0, 0.05) is 13.0 Å². The lowest BCUT2D eigenvalue weighted by atomic mass is 9.74. The zero-order valence-electron chi connectivity index (χ0n) is 21.4. The Morgan fingerprint density at radius 3 is 2.27 bits per heavy atom. The Hall–Kier alpha value is -2.56. The molecule has 2 aliphatic rings. The highest BCUT2D eigenvalue weighted by Gasteiger charge is 2.72. The van der Waals surface area contributed by atoms with E-state index in [2.05, 4.69) is 0 Å². The number of halogens is 3. The molecule has 0 aliphatic carbocycles. The fourth-order valence-electron chi connectivity index (χ4n) is 5.26. The molecule has 4 rings (SSSR count). The highest BCUT2D eigenvalue weighted by Crippen LogP contribution is 2.66. The average Bonchev–Trinajstić information content (AvgIpc) is 3.28. The van der Waals surface area contributed by atoms with Gasteiger partial charge in [0.2, 0.25) is 11.8 Å². The van der Waals surface area contributed by atoms with Gasteiger partial charge < -0.3 is 29.6 Å². The van der Waals surface area contributed by atoms with Crippen LogP contribution in [0.1, 0.15) is 56.4 Å². The molecule has 202 valence electrons. The van der Waals surface area contributed by atoms with Gasteiger partial charge in [0.1, 0.15) is 23.4 Å². The molecule has 2 bridgehead atoms. The minimum absolute atomic E-state index is 0.0120. The van der Waals surface area contributed by atoms with E-state index in [1.165, 1.54) is 12.1 Å². The molecule has 0 unspecified atom stereocenters. The molecule has 3 heterocycles. The first kappa shape index (κ1) is 27.5. The van der Waals surface area contributed by atoms with Crippen LogP contribution in [-0.2, 0) is 26.5 Å². The zero-order valence-corrected chi connectivity index (χ0v) is 22.4. The van der Waals surface area contributed by atoms with E-state index in [-0.39, 0.29) is 28.3 Å². The summed E-state index contributed by atoms with van der Waals surface area (Å²) in [6, 6.07) is 4.29. The third kappa shape index (κ3) is 3.71. The van der Waals surface area contributed by atoms with E-state index in [1.807, 2.05) is 33.9 Å². The second kappa shape index (κ2) is 8.22. The number of aliphatic hydroxyl groups excluding tert-OH is 2. The van der Waals surface area contributed by atoms with Gasteiger partial charge in [-0.1, -0.05) is 20.8 Å². The fraction of sp³-hybridized carbons (Fsp3) is 0.560. The fourth-order valence-corrected chi connectivity index (χ4v) is 6.60. The Morgan fingerprint density at radius 1 is 1.16 bits per heavy atom. The van der Waals surface area contributed by atoms with Crippen LogP contribution in [0.2, 0.25) is 18.1 Å². The van der Waals surface area contributed by atoms with Gasteiger partial charge in [0.15, 0.2) is 8.32 Å². The van der Waals surface area contributed by atoms with Crippen molar-refractivity contribution < 1.29 is 42.8 Å². The number of benzene rings is 1. The quantitative estimate of drug-likeness (QED) is 0.415. The van der Waals surface area contributed by atoms with Crippen LogP contribution < -0.4 is 0 Å². The number of hydrogen-bond acceptors (Lipinski definition) is 7. The maximum Gasteiger partial charge on any atom is 0.417 e. The molecule has 1 saturated heterocycles. The van der Waals surface area contributed by atoms with Crippen molar-refractivity contribution in [2.24, 2.45) is 0 Å². The molecule has 1 aromatic heterocycles. The second-order valence-electron chi connectivity index (χ2n) is 11.4. The van der Waals surface area contributed by atoms with Crippen molar-refractivity contribution in [1.82, 2.24) is 4.57 Å². The Morgan fingerprint density at radius 2 is 1.76 bits per heavy atom. The first-order valence-electron chi connectivity index (χ1n) is 11.8. The summed E-state index contributed by atoms with van der Waals surface area (Å²) in [6.45, 7) is 11.1. The standard InChI is InChI=1S/C25H31F3N2O6Si/c1-22(2,3)37(5,6)35-19-18(32)24(9-10-31)17-16(23(19,4)36-24)20(33)30(21(17)34)14-8-7-13(12-29)15(11-14)25(26,27)28/h7-8,11,18-19,31-34H,9-10H2,1-6H3/t18-,19-,23-,24+/m0/s1. The lowest BCUT2D eigenvalue weighted by Crippen LogP contribution is -2.54. The molecule has 0 radical (unpaired) electrons. The summed E-state index contributed by atoms with van der Waals surface area (Å²) in [5, 5.41) is 52.8. The number of fused-ring (bicyclic) bond motifs is 5. The lowest BCUT2D eigenvalue weighted by Gasteiger charge is -2.43. The number of aliphatic hydroxyl groups is 2. The number of hydrogen-bond donors (Lipinski definition) is 4. The van der Waals surface area contributed by atoms with Crippen LogP contribution >= 0.6 is 0 Å². The van der Waals surface area contributed by atoms with Crippen molar-refractivity contribution in [3.63, 3.8) is 0 Å². The van der Waals surface area contributed by atoms with Gasteiger partial charge in [0.05, 0.1) is 34.0 Å². The highest BCUT2D eigenvalue weighted by molar-refractivity contribution is 6.74. The normalized spacial score (nSPS) is 27.4. The van der Waals surface area contributed by atoms with Crippen LogP contribution in [0.25, 0.3) is 5.69 Å². The molecule has 2 aromatic rings. The third-order valence-corrected chi connectivity index (χ3v) is 12.6. The predicted molar refractivity (Wildman–Crippen MR) is 129 cm³/mol. The van der Waals surface area contributed by atoms with Gasteiger partial charge in [-0.15, -0.1) is 0 Å². The molecule has 37 heavy (non-hydrogen) atoms. The van der Waals surface area contributed by atoms with Gasteiger partial charge in [-0.25, -0.2) is 0 Å². The Bertz CT molecular complexity index is 1300. The molecule has 2 aliphatic heterocycles. The number of rotatable bonds is 5. The number of alkyl halides is 3. The van der Waals surface area contributed by atoms with Crippen molar-refractivity contribution in [2.75, 3.05) is 6.61 Å². The van der Waals surface area contributed by atoms with Crippen molar-refractivity contribution >= 4 is 8.32 Å². The van der Waals surface area contributed by atoms with Crippen LogP contribution in [0.4, 0.5) is 13.2 Å². The van der Waals surface area contributed by atoms with Crippen LogP contribution in [-0.4, -0.2) is 52.1 Å². The SMILES string of the molecule is CC(C)(C)[Si](C)(C)O[C@H]1[C@H](O)[C@]2(CCO)O[C@@]1(C)c1c2c(O)n(-c2ccc(C#N)c(C(F)(F)F)c2)c1O. The van der Waals surface area contributed by atoms with E-state index in [1.54, 1.807) is 6.92 Å². The molecule has 8 nitrogen and oxygen atoms in total. The van der Waals surface area contributed by atoms with Crippen molar-refractivity contribution in [1.29, 1.82) is 5.26 Å². The van der Waals surface area contributed by atoms with Gasteiger partial charge in [-0.3, -0.25) is 4.57 Å². The van der Waals surface area contributed by atoms with E-state index < -0.39 is 67.4 Å². The van der Waals surface area contributed by atoms with Gasteiger partial charge in [-0.05, 0) is 43.3 Å². The molecular formula is C25H31F3N2O6Si.